The van der Waals surface area contributed by atoms with Crippen LogP contribution in [0.5, 0.6) is 0 Å². The van der Waals surface area contributed by atoms with Crippen LogP contribution in [0.25, 0.3) is 0 Å². The first kappa shape index (κ1) is 13.3. The molecule has 0 spiro atoms. The molecular weight excluding hydrogens is 232 g/mol. The van der Waals surface area contributed by atoms with E-state index in [4.69, 9.17) is 0 Å². The summed E-state index contributed by atoms with van der Waals surface area (Å²) in [6.45, 7) is 2.82. The van der Waals surface area contributed by atoms with Crippen LogP contribution in [-0.2, 0) is 6.54 Å². The zero-order valence-electron chi connectivity index (χ0n) is 11.4. The smallest absolute Gasteiger partial charge is 0.123 e. The Morgan fingerprint density at radius 2 is 1.84 bits per heavy atom. The molecule has 0 radical (unpaired) electrons. The van der Waals surface area contributed by atoms with E-state index in [1.54, 1.807) is 0 Å². The Bertz CT molecular complexity index is 569. The Hall–Kier alpha value is -2.11. The average Bonchev–Trinajstić information content (AvgIpc) is 2.41. The summed E-state index contributed by atoms with van der Waals surface area (Å²) in [6.07, 6.45) is 0. The molecule has 1 unspecified atom stereocenters. The predicted molar refractivity (Wildman–Crippen MR) is 77.4 cm³/mol. The van der Waals surface area contributed by atoms with Crippen LogP contribution in [0.4, 0.5) is 0 Å². The van der Waals surface area contributed by atoms with Crippen LogP contribution >= 0.6 is 0 Å². The normalized spacial score (nSPS) is 12.1. The number of nitriles is 1. The van der Waals surface area contributed by atoms with E-state index in [0.717, 1.165) is 12.1 Å². The fourth-order valence-electron chi connectivity index (χ4n) is 2.23. The predicted octanol–water partition coefficient (Wildman–Crippen LogP) is 3.69. The number of nitrogens with zero attached hydrogens (tertiary/aromatic N) is 2. The second-order valence-corrected chi connectivity index (χ2v) is 4.85. The maximum absolute atomic E-state index is 9.43. The third-order valence-corrected chi connectivity index (χ3v) is 3.20. The first-order chi connectivity index (χ1) is 9.20. The van der Waals surface area contributed by atoms with E-state index in [0.29, 0.717) is 0 Å². The van der Waals surface area contributed by atoms with E-state index >= 15 is 0 Å². The molecule has 19 heavy (non-hydrogen) atoms. The van der Waals surface area contributed by atoms with Gasteiger partial charge in [-0.1, -0.05) is 60.2 Å². The summed E-state index contributed by atoms with van der Waals surface area (Å²) < 4.78 is 0. The molecule has 0 aliphatic rings. The van der Waals surface area contributed by atoms with Gasteiger partial charge in [0.05, 0.1) is 6.07 Å². The largest absolute Gasteiger partial charge is 0.283 e. The number of hydrogen-bond acceptors (Lipinski definition) is 2. The SMILES string of the molecule is Cc1cccc(C(C#N)N(C)Cc2ccccc2)c1. The van der Waals surface area contributed by atoms with Gasteiger partial charge in [-0.2, -0.15) is 5.26 Å². The molecule has 0 aromatic heterocycles. The molecule has 2 aromatic rings. The van der Waals surface area contributed by atoms with Crippen molar-refractivity contribution in [2.75, 3.05) is 7.05 Å². The summed E-state index contributed by atoms with van der Waals surface area (Å²) >= 11 is 0. The minimum Gasteiger partial charge on any atom is -0.283 e. The molecule has 0 aliphatic heterocycles. The number of hydrogen-bond donors (Lipinski definition) is 0. The second kappa shape index (κ2) is 6.17. The van der Waals surface area contributed by atoms with Crippen LogP contribution in [0.1, 0.15) is 22.7 Å². The highest BCUT2D eigenvalue weighted by Gasteiger charge is 2.16. The van der Waals surface area contributed by atoms with Crippen molar-refractivity contribution in [2.24, 2.45) is 0 Å². The molecule has 2 nitrogen and oxygen atoms in total. The molecule has 96 valence electrons. The van der Waals surface area contributed by atoms with Gasteiger partial charge in [-0.15, -0.1) is 0 Å². The second-order valence-electron chi connectivity index (χ2n) is 4.85. The molecule has 2 aromatic carbocycles. The van der Waals surface area contributed by atoms with E-state index in [1.807, 2.05) is 37.4 Å². The van der Waals surface area contributed by atoms with E-state index in [1.165, 1.54) is 11.1 Å². The molecule has 0 saturated carbocycles. The van der Waals surface area contributed by atoms with Crippen molar-refractivity contribution in [1.82, 2.24) is 4.90 Å². The van der Waals surface area contributed by atoms with Crippen molar-refractivity contribution in [3.63, 3.8) is 0 Å². The van der Waals surface area contributed by atoms with Gasteiger partial charge in [0.2, 0.25) is 0 Å². The molecule has 0 bridgehead atoms. The van der Waals surface area contributed by atoms with Gasteiger partial charge in [-0.25, -0.2) is 0 Å². The van der Waals surface area contributed by atoms with Crippen molar-refractivity contribution in [3.8, 4) is 6.07 Å². The quantitative estimate of drug-likeness (QED) is 0.827. The van der Waals surface area contributed by atoms with Crippen molar-refractivity contribution < 1.29 is 0 Å². The Kier molecular flexibility index (Phi) is 4.33. The highest BCUT2D eigenvalue weighted by atomic mass is 15.1. The molecule has 0 saturated heterocycles. The van der Waals surface area contributed by atoms with Gasteiger partial charge in [0.1, 0.15) is 6.04 Å². The number of benzene rings is 2. The zero-order valence-corrected chi connectivity index (χ0v) is 11.4. The van der Waals surface area contributed by atoms with Gasteiger partial charge in [0.25, 0.3) is 0 Å². The third-order valence-electron chi connectivity index (χ3n) is 3.20. The van der Waals surface area contributed by atoms with Gasteiger partial charge in [0, 0.05) is 6.54 Å². The van der Waals surface area contributed by atoms with Crippen LogP contribution in [0, 0.1) is 18.3 Å². The van der Waals surface area contributed by atoms with Crippen molar-refractivity contribution in [3.05, 3.63) is 71.3 Å². The summed E-state index contributed by atoms with van der Waals surface area (Å²) in [5.41, 5.74) is 3.46. The maximum atomic E-state index is 9.43. The highest BCUT2D eigenvalue weighted by molar-refractivity contribution is 5.29. The summed E-state index contributed by atoms with van der Waals surface area (Å²) in [5.74, 6) is 0. The summed E-state index contributed by atoms with van der Waals surface area (Å²) in [6, 6.07) is 20.6. The monoisotopic (exact) mass is 250 g/mol. The molecule has 0 fully saturated rings. The third kappa shape index (κ3) is 3.43. The fraction of sp³-hybridized carbons (Fsp3) is 0.235. The molecule has 1 atom stereocenters. The van der Waals surface area contributed by atoms with Crippen LogP contribution in [0.15, 0.2) is 54.6 Å². The molecular formula is C17H18N2. The Morgan fingerprint density at radius 1 is 1.11 bits per heavy atom. The van der Waals surface area contributed by atoms with Gasteiger partial charge >= 0.3 is 0 Å². The lowest BCUT2D eigenvalue weighted by atomic mass is 10.0. The standard InChI is InChI=1S/C17H18N2/c1-14-7-6-10-16(11-14)17(12-18)19(2)13-15-8-4-3-5-9-15/h3-11,17H,13H2,1-2H3. The first-order valence-corrected chi connectivity index (χ1v) is 6.41. The van der Waals surface area contributed by atoms with Crippen molar-refractivity contribution >= 4 is 0 Å². The maximum Gasteiger partial charge on any atom is 0.123 e. The van der Waals surface area contributed by atoms with E-state index in [-0.39, 0.29) is 6.04 Å². The fourth-order valence-corrected chi connectivity index (χ4v) is 2.23. The molecule has 2 heteroatoms. The van der Waals surface area contributed by atoms with E-state index in [2.05, 4.69) is 42.2 Å². The molecule has 0 amide bonds. The molecule has 0 aliphatic carbocycles. The van der Waals surface area contributed by atoms with Gasteiger partial charge in [-0.05, 0) is 25.1 Å². The lowest BCUT2D eigenvalue weighted by Crippen LogP contribution is -2.23. The van der Waals surface area contributed by atoms with Crippen LogP contribution in [0.2, 0.25) is 0 Å². The average molecular weight is 250 g/mol. The summed E-state index contributed by atoms with van der Waals surface area (Å²) in [4.78, 5) is 2.07. The zero-order chi connectivity index (χ0) is 13.7. The van der Waals surface area contributed by atoms with E-state index < -0.39 is 0 Å². The van der Waals surface area contributed by atoms with Gasteiger partial charge < -0.3 is 0 Å². The Morgan fingerprint density at radius 3 is 2.47 bits per heavy atom. The minimum absolute atomic E-state index is 0.208. The lowest BCUT2D eigenvalue weighted by molar-refractivity contribution is 0.283. The van der Waals surface area contributed by atoms with Crippen LogP contribution in [0.3, 0.4) is 0 Å². The van der Waals surface area contributed by atoms with Crippen LogP contribution < -0.4 is 0 Å². The number of rotatable bonds is 4. The molecule has 2 rings (SSSR count). The topological polar surface area (TPSA) is 27.0 Å². The van der Waals surface area contributed by atoms with Gasteiger partial charge in [0.15, 0.2) is 0 Å². The summed E-state index contributed by atoms with van der Waals surface area (Å²) in [5, 5.41) is 9.43. The van der Waals surface area contributed by atoms with Gasteiger partial charge in [-0.3, -0.25) is 4.90 Å². The minimum atomic E-state index is -0.208. The molecule has 0 N–H and O–H groups in total. The lowest BCUT2D eigenvalue weighted by Gasteiger charge is -2.23. The molecule has 0 heterocycles. The summed E-state index contributed by atoms with van der Waals surface area (Å²) in [7, 11) is 1.99. The highest BCUT2D eigenvalue weighted by Crippen LogP contribution is 2.21. The van der Waals surface area contributed by atoms with Crippen molar-refractivity contribution in [1.29, 1.82) is 5.26 Å². The number of aryl methyl sites for hydroxylation is 1. The Labute approximate surface area is 114 Å². The van der Waals surface area contributed by atoms with E-state index in [9.17, 15) is 5.26 Å². The van der Waals surface area contributed by atoms with Crippen LogP contribution in [-0.4, -0.2) is 11.9 Å². The Balaban J connectivity index is 2.16. The first-order valence-electron chi connectivity index (χ1n) is 6.41. The van der Waals surface area contributed by atoms with Crippen molar-refractivity contribution in [2.45, 2.75) is 19.5 Å².